The van der Waals surface area contributed by atoms with Gasteiger partial charge in [-0.3, -0.25) is 9.59 Å². The van der Waals surface area contributed by atoms with Gasteiger partial charge in [0.05, 0.1) is 5.41 Å². The summed E-state index contributed by atoms with van der Waals surface area (Å²) < 4.78 is 68.3. The van der Waals surface area contributed by atoms with Crippen LogP contribution in [0.2, 0.25) is 0 Å². The van der Waals surface area contributed by atoms with Crippen LogP contribution in [0.15, 0.2) is 18.2 Å². The van der Waals surface area contributed by atoms with Crippen molar-refractivity contribution in [1.29, 1.82) is 0 Å². The second-order valence-electron chi connectivity index (χ2n) is 6.89. The molecule has 1 N–H and O–H groups in total. The van der Waals surface area contributed by atoms with E-state index in [2.05, 4.69) is 0 Å². The van der Waals surface area contributed by atoms with Gasteiger partial charge in [-0.1, -0.05) is 12.5 Å². The molecule has 142 valence electrons. The molecule has 1 atom stereocenters. The summed E-state index contributed by atoms with van der Waals surface area (Å²) in [5.74, 6) is -4.77. The van der Waals surface area contributed by atoms with Gasteiger partial charge in [-0.25, -0.2) is 8.78 Å². The van der Waals surface area contributed by atoms with Crippen LogP contribution in [0.1, 0.15) is 31.2 Å². The molecule has 1 aliphatic heterocycles. The molecule has 3 rings (SSSR count). The third-order valence-corrected chi connectivity index (χ3v) is 5.57. The zero-order valence-corrected chi connectivity index (χ0v) is 13.6. The van der Waals surface area contributed by atoms with Gasteiger partial charge in [-0.15, -0.1) is 0 Å². The molecule has 9 heteroatoms. The number of likely N-dealkylation sites (tertiary alicyclic amines) is 1. The minimum Gasteiger partial charge on any atom is -0.481 e. The van der Waals surface area contributed by atoms with E-state index < -0.39 is 65.6 Å². The molecule has 0 bridgehead atoms. The van der Waals surface area contributed by atoms with Crippen molar-refractivity contribution >= 4 is 11.9 Å². The molecule has 1 saturated heterocycles. The fourth-order valence-corrected chi connectivity index (χ4v) is 3.87. The monoisotopic (exact) mass is 377 g/mol. The van der Waals surface area contributed by atoms with Crippen molar-refractivity contribution in [2.45, 2.75) is 37.3 Å². The lowest BCUT2D eigenvalue weighted by atomic mass is 9.63. The maximum Gasteiger partial charge on any atom is 0.406 e. The van der Waals surface area contributed by atoms with E-state index in [9.17, 15) is 31.5 Å². The first-order valence-electron chi connectivity index (χ1n) is 8.09. The van der Waals surface area contributed by atoms with Gasteiger partial charge >= 0.3 is 12.1 Å². The number of carboxylic acids is 1. The first-order valence-corrected chi connectivity index (χ1v) is 8.09. The largest absolute Gasteiger partial charge is 0.481 e. The number of alkyl halides is 3. The van der Waals surface area contributed by atoms with Gasteiger partial charge in [-0.2, -0.15) is 13.2 Å². The number of carboxylic acid groups (broad SMARTS) is 1. The number of carbonyl (C=O) groups is 2. The molecule has 1 saturated carbocycles. The molecular formula is C17H16F5NO3. The number of rotatable bonds is 3. The highest BCUT2D eigenvalue weighted by molar-refractivity contribution is 5.91. The molecule has 2 aliphatic rings. The van der Waals surface area contributed by atoms with E-state index >= 15 is 0 Å². The van der Waals surface area contributed by atoms with E-state index in [-0.39, 0.29) is 12.8 Å². The minimum absolute atomic E-state index is 0.103. The van der Waals surface area contributed by atoms with Crippen LogP contribution in [0.5, 0.6) is 0 Å². The molecule has 0 spiro atoms. The zero-order valence-electron chi connectivity index (χ0n) is 13.6. The van der Waals surface area contributed by atoms with Crippen LogP contribution in [0.3, 0.4) is 0 Å². The Bertz CT molecular complexity index is 739. The summed E-state index contributed by atoms with van der Waals surface area (Å²) in [6, 6.07) is 3.12. The first kappa shape index (κ1) is 18.6. The summed E-state index contributed by atoms with van der Waals surface area (Å²) in [5.41, 5.74) is -5.08. The molecule has 1 unspecified atom stereocenters. The van der Waals surface area contributed by atoms with Gasteiger partial charge in [0.15, 0.2) is 5.41 Å². The van der Waals surface area contributed by atoms with Crippen molar-refractivity contribution in [3.8, 4) is 0 Å². The lowest BCUT2D eigenvalue weighted by molar-refractivity contribution is -0.227. The number of carbonyl (C=O) groups excluding carboxylic acids is 1. The van der Waals surface area contributed by atoms with Crippen LogP contribution >= 0.6 is 0 Å². The molecular weight excluding hydrogens is 361 g/mol. The van der Waals surface area contributed by atoms with E-state index in [1.165, 1.54) is 0 Å². The smallest absolute Gasteiger partial charge is 0.406 e. The summed E-state index contributed by atoms with van der Waals surface area (Å²) in [4.78, 5) is 25.0. The van der Waals surface area contributed by atoms with Gasteiger partial charge in [0.1, 0.15) is 11.6 Å². The van der Waals surface area contributed by atoms with Crippen LogP contribution in [0, 0.1) is 17.0 Å². The molecule has 1 aliphatic carbocycles. The van der Waals surface area contributed by atoms with Gasteiger partial charge in [0.2, 0.25) is 5.91 Å². The second kappa shape index (κ2) is 5.92. The average molecular weight is 377 g/mol. The molecule has 1 heterocycles. The number of hydrogen-bond donors (Lipinski definition) is 1. The molecule has 0 aromatic heterocycles. The van der Waals surface area contributed by atoms with Crippen LogP contribution in [0.25, 0.3) is 0 Å². The van der Waals surface area contributed by atoms with Gasteiger partial charge in [0, 0.05) is 18.7 Å². The number of benzene rings is 1. The first-order chi connectivity index (χ1) is 12.0. The van der Waals surface area contributed by atoms with E-state index in [1.54, 1.807) is 0 Å². The Balaban J connectivity index is 1.96. The zero-order chi connectivity index (χ0) is 19.3. The SMILES string of the molecule is O=C(N1CCC(C(=O)O)(C(F)(F)F)C1)C1(c2c(F)cccc2F)CCC1. The summed E-state index contributed by atoms with van der Waals surface area (Å²) >= 11 is 0. The van der Waals surface area contributed by atoms with Gasteiger partial charge in [0.25, 0.3) is 0 Å². The molecule has 1 aromatic carbocycles. The van der Waals surface area contributed by atoms with E-state index in [0.29, 0.717) is 6.42 Å². The van der Waals surface area contributed by atoms with Gasteiger partial charge in [-0.05, 0) is 31.4 Å². The van der Waals surface area contributed by atoms with E-state index in [4.69, 9.17) is 5.11 Å². The number of halogens is 5. The van der Waals surface area contributed by atoms with Crippen molar-refractivity contribution in [2.24, 2.45) is 5.41 Å². The molecule has 2 fully saturated rings. The topological polar surface area (TPSA) is 57.6 Å². The molecule has 1 amide bonds. The summed E-state index contributed by atoms with van der Waals surface area (Å²) in [6.07, 6.45) is -5.12. The van der Waals surface area contributed by atoms with Gasteiger partial charge < -0.3 is 10.0 Å². The summed E-state index contributed by atoms with van der Waals surface area (Å²) in [5, 5.41) is 9.10. The van der Waals surface area contributed by atoms with Crippen molar-refractivity contribution in [3.63, 3.8) is 0 Å². The maximum atomic E-state index is 14.2. The Kier molecular flexibility index (Phi) is 4.23. The van der Waals surface area contributed by atoms with Crippen LogP contribution in [-0.2, 0) is 15.0 Å². The second-order valence-corrected chi connectivity index (χ2v) is 6.89. The Morgan fingerprint density at radius 3 is 2.04 bits per heavy atom. The van der Waals surface area contributed by atoms with Crippen LogP contribution < -0.4 is 0 Å². The molecule has 4 nitrogen and oxygen atoms in total. The third kappa shape index (κ3) is 2.47. The van der Waals surface area contributed by atoms with Crippen LogP contribution in [0.4, 0.5) is 22.0 Å². The lowest BCUT2D eigenvalue weighted by Gasteiger charge is -2.43. The Labute approximate surface area is 145 Å². The highest BCUT2D eigenvalue weighted by Gasteiger charge is 2.65. The fraction of sp³-hybridized carbons (Fsp3) is 0.529. The van der Waals surface area contributed by atoms with Crippen molar-refractivity contribution in [3.05, 3.63) is 35.4 Å². The number of aliphatic carboxylic acids is 1. The number of hydrogen-bond acceptors (Lipinski definition) is 2. The van der Waals surface area contributed by atoms with Crippen molar-refractivity contribution in [1.82, 2.24) is 4.90 Å². The third-order valence-electron chi connectivity index (χ3n) is 5.57. The maximum absolute atomic E-state index is 14.2. The Morgan fingerprint density at radius 1 is 1.08 bits per heavy atom. The summed E-state index contributed by atoms with van der Waals surface area (Å²) in [7, 11) is 0. The van der Waals surface area contributed by atoms with E-state index in [0.717, 1.165) is 23.1 Å². The normalized spacial score (nSPS) is 25.0. The minimum atomic E-state index is -5.04. The predicted molar refractivity (Wildman–Crippen MR) is 79.2 cm³/mol. The number of amides is 1. The molecule has 26 heavy (non-hydrogen) atoms. The van der Waals surface area contributed by atoms with E-state index in [1.807, 2.05) is 0 Å². The highest BCUT2D eigenvalue weighted by Crippen LogP contribution is 2.51. The average Bonchev–Trinajstić information content (AvgIpc) is 2.95. The quantitative estimate of drug-likeness (QED) is 0.823. The Morgan fingerprint density at radius 2 is 1.65 bits per heavy atom. The number of nitrogens with zero attached hydrogens (tertiary/aromatic N) is 1. The highest BCUT2D eigenvalue weighted by atomic mass is 19.4. The van der Waals surface area contributed by atoms with Crippen molar-refractivity contribution in [2.75, 3.05) is 13.1 Å². The fourth-order valence-electron chi connectivity index (χ4n) is 3.87. The Hall–Kier alpha value is -2.19. The standard InChI is InChI=1S/C17H16F5NO3/c18-10-3-1-4-11(19)12(10)15(5-2-6-15)13(24)23-8-7-16(9-23,14(25)26)17(20,21)22/h1,3-4H,2,5-9H2,(H,25,26). The molecule has 0 radical (unpaired) electrons. The lowest BCUT2D eigenvalue weighted by Crippen LogP contribution is -2.53. The summed E-state index contributed by atoms with van der Waals surface area (Å²) in [6.45, 7) is -1.48. The van der Waals surface area contributed by atoms with Crippen LogP contribution in [-0.4, -0.2) is 41.1 Å². The molecule has 1 aromatic rings. The van der Waals surface area contributed by atoms with Crippen molar-refractivity contribution < 1.29 is 36.6 Å². The predicted octanol–water partition coefficient (Wildman–Crippen LogP) is 3.25.